The molecule has 2 rings (SSSR count). The average molecular weight is 267 g/mol. The van der Waals surface area contributed by atoms with Crippen LogP contribution in [0, 0.1) is 11.3 Å². The first kappa shape index (κ1) is 15.3. The highest BCUT2D eigenvalue weighted by Gasteiger charge is 2.47. The average Bonchev–Trinajstić information content (AvgIpc) is 2.91. The van der Waals surface area contributed by atoms with Gasteiger partial charge in [-0.2, -0.15) is 0 Å². The molecule has 112 valence electrons. The highest BCUT2D eigenvalue weighted by Crippen LogP contribution is 2.46. The molecule has 2 aliphatic carbocycles. The number of methoxy groups -OCH3 is 1. The van der Waals surface area contributed by atoms with E-state index in [1.54, 1.807) is 0 Å². The third kappa shape index (κ3) is 3.33. The fraction of sp³-hybridized carbons (Fsp3) is 1.00. The highest BCUT2D eigenvalue weighted by atomic mass is 16.5. The van der Waals surface area contributed by atoms with Gasteiger partial charge in [0, 0.05) is 13.2 Å². The van der Waals surface area contributed by atoms with Gasteiger partial charge in [0.1, 0.15) is 0 Å². The second-order valence-corrected chi connectivity index (χ2v) is 7.51. The molecule has 2 aliphatic rings. The Morgan fingerprint density at radius 1 is 1.11 bits per heavy atom. The van der Waals surface area contributed by atoms with Gasteiger partial charge >= 0.3 is 0 Å². The molecule has 0 bridgehead atoms. The molecule has 2 fully saturated rings. The Kier molecular flexibility index (Phi) is 4.94. The van der Waals surface area contributed by atoms with E-state index >= 15 is 0 Å². The van der Waals surface area contributed by atoms with Crippen molar-refractivity contribution in [2.24, 2.45) is 11.3 Å². The summed E-state index contributed by atoms with van der Waals surface area (Å²) in [7, 11) is 1.94. The van der Waals surface area contributed by atoms with Crippen molar-refractivity contribution in [1.82, 2.24) is 5.32 Å². The zero-order valence-electron chi connectivity index (χ0n) is 13.4. The van der Waals surface area contributed by atoms with Crippen LogP contribution in [-0.4, -0.2) is 25.3 Å². The van der Waals surface area contributed by atoms with E-state index in [-0.39, 0.29) is 5.60 Å². The molecule has 2 nitrogen and oxygen atoms in total. The maximum absolute atomic E-state index is 6.14. The normalized spacial score (nSPS) is 28.4. The second-order valence-electron chi connectivity index (χ2n) is 7.51. The summed E-state index contributed by atoms with van der Waals surface area (Å²) >= 11 is 0. The first-order valence-corrected chi connectivity index (χ1v) is 8.31. The highest BCUT2D eigenvalue weighted by molar-refractivity contribution is 5.02. The summed E-state index contributed by atoms with van der Waals surface area (Å²) < 4.78 is 6.14. The van der Waals surface area contributed by atoms with Crippen molar-refractivity contribution in [3.63, 3.8) is 0 Å². The lowest BCUT2D eigenvalue weighted by Gasteiger charge is -2.49. The van der Waals surface area contributed by atoms with E-state index in [1.165, 1.54) is 51.4 Å². The number of ether oxygens (including phenoxy) is 1. The Morgan fingerprint density at radius 3 is 2.16 bits per heavy atom. The Balaban J connectivity index is 2.12. The molecule has 0 spiro atoms. The molecular weight excluding hydrogens is 234 g/mol. The molecule has 2 heteroatoms. The van der Waals surface area contributed by atoms with Crippen LogP contribution in [0.25, 0.3) is 0 Å². The SMILES string of the molecule is CCNC(C1CCCC1)C1(OC)CCC(C)(C)CC1. The molecule has 1 unspecified atom stereocenters. The van der Waals surface area contributed by atoms with Crippen LogP contribution in [0.4, 0.5) is 0 Å². The molecule has 0 aromatic rings. The van der Waals surface area contributed by atoms with Gasteiger partial charge in [0.2, 0.25) is 0 Å². The Hall–Kier alpha value is -0.0800. The van der Waals surface area contributed by atoms with Crippen LogP contribution in [-0.2, 0) is 4.74 Å². The molecule has 0 heterocycles. The zero-order valence-corrected chi connectivity index (χ0v) is 13.4. The molecule has 0 saturated heterocycles. The zero-order chi connectivity index (χ0) is 13.9. The van der Waals surface area contributed by atoms with Crippen LogP contribution in [0.2, 0.25) is 0 Å². The fourth-order valence-corrected chi connectivity index (χ4v) is 4.28. The minimum atomic E-state index is 0.0978. The van der Waals surface area contributed by atoms with Crippen molar-refractivity contribution in [2.75, 3.05) is 13.7 Å². The number of hydrogen-bond acceptors (Lipinski definition) is 2. The summed E-state index contributed by atoms with van der Waals surface area (Å²) in [5, 5.41) is 3.79. The summed E-state index contributed by atoms with van der Waals surface area (Å²) in [6.07, 6.45) is 10.7. The molecular formula is C17H33NO. The Labute approximate surface area is 119 Å². The van der Waals surface area contributed by atoms with Gasteiger partial charge in [0.15, 0.2) is 0 Å². The first-order valence-electron chi connectivity index (χ1n) is 8.31. The van der Waals surface area contributed by atoms with Crippen molar-refractivity contribution in [1.29, 1.82) is 0 Å². The monoisotopic (exact) mass is 267 g/mol. The Bertz CT molecular complexity index is 271. The van der Waals surface area contributed by atoms with E-state index in [0.29, 0.717) is 11.5 Å². The third-order valence-corrected chi connectivity index (χ3v) is 5.72. The van der Waals surface area contributed by atoms with Crippen molar-refractivity contribution in [2.45, 2.75) is 83.8 Å². The fourth-order valence-electron chi connectivity index (χ4n) is 4.28. The smallest absolute Gasteiger partial charge is 0.0834 e. The number of hydrogen-bond donors (Lipinski definition) is 1. The van der Waals surface area contributed by atoms with Gasteiger partial charge in [0.05, 0.1) is 5.60 Å². The molecule has 1 N–H and O–H groups in total. The molecule has 0 amide bonds. The Morgan fingerprint density at radius 2 is 1.68 bits per heavy atom. The maximum Gasteiger partial charge on any atom is 0.0834 e. The number of rotatable bonds is 5. The molecule has 0 radical (unpaired) electrons. The first-order chi connectivity index (χ1) is 9.03. The largest absolute Gasteiger partial charge is 0.377 e. The van der Waals surface area contributed by atoms with E-state index in [4.69, 9.17) is 4.74 Å². The summed E-state index contributed by atoms with van der Waals surface area (Å²) in [6, 6.07) is 0.570. The predicted molar refractivity (Wildman–Crippen MR) is 81.4 cm³/mol. The third-order valence-electron chi connectivity index (χ3n) is 5.72. The molecule has 0 aromatic heterocycles. The molecule has 0 aromatic carbocycles. The number of likely N-dealkylation sites (N-methyl/N-ethyl adjacent to an activating group) is 1. The van der Waals surface area contributed by atoms with E-state index in [9.17, 15) is 0 Å². The lowest BCUT2D eigenvalue weighted by molar-refractivity contribution is -0.0980. The molecule has 2 saturated carbocycles. The van der Waals surface area contributed by atoms with Crippen LogP contribution in [0.3, 0.4) is 0 Å². The minimum absolute atomic E-state index is 0.0978. The van der Waals surface area contributed by atoms with Gasteiger partial charge in [-0.15, -0.1) is 0 Å². The summed E-state index contributed by atoms with van der Waals surface area (Å²) in [5.41, 5.74) is 0.606. The predicted octanol–water partition coefficient (Wildman–Crippen LogP) is 4.14. The van der Waals surface area contributed by atoms with Crippen molar-refractivity contribution < 1.29 is 4.74 Å². The second kappa shape index (κ2) is 6.13. The van der Waals surface area contributed by atoms with E-state index < -0.39 is 0 Å². The topological polar surface area (TPSA) is 21.3 Å². The standard InChI is InChI=1S/C17H33NO/c1-5-18-15(14-8-6-7-9-14)17(19-4)12-10-16(2,3)11-13-17/h14-15,18H,5-13H2,1-4H3. The lowest BCUT2D eigenvalue weighted by atomic mass is 9.66. The summed E-state index contributed by atoms with van der Waals surface area (Å²) in [4.78, 5) is 0. The molecule has 1 atom stereocenters. The lowest BCUT2D eigenvalue weighted by Crippen LogP contribution is -2.57. The van der Waals surface area contributed by atoms with Crippen LogP contribution in [0.5, 0.6) is 0 Å². The van der Waals surface area contributed by atoms with Crippen LogP contribution in [0.1, 0.15) is 72.1 Å². The van der Waals surface area contributed by atoms with E-state index in [2.05, 4.69) is 26.1 Å². The van der Waals surface area contributed by atoms with E-state index in [0.717, 1.165) is 12.5 Å². The molecule has 0 aliphatic heterocycles. The van der Waals surface area contributed by atoms with Crippen LogP contribution in [0.15, 0.2) is 0 Å². The van der Waals surface area contributed by atoms with Gasteiger partial charge < -0.3 is 10.1 Å². The van der Waals surface area contributed by atoms with Gasteiger partial charge in [-0.25, -0.2) is 0 Å². The quantitative estimate of drug-likeness (QED) is 0.808. The van der Waals surface area contributed by atoms with Gasteiger partial charge in [0.25, 0.3) is 0 Å². The van der Waals surface area contributed by atoms with Crippen molar-refractivity contribution >= 4 is 0 Å². The minimum Gasteiger partial charge on any atom is -0.377 e. The van der Waals surface area contributed by atoms with Gasteiger partial charge in [-0.1, -0.05) is 33.6 Å². The van der Waals surface area contributed by atoms with Crippen molar-refractivity contribution in [3.8, 4) is 0 Å². The van der Waals surface area contributed by atoms with E-state index in [1.807, 2.05) is 7.11 Å². The summed E-state index contributed by atoms with van der Waals surface area (Å²) in [6.45, 7) is 8.11. The number of nitrogens with one attached hydrogen (secondary N) is 1. The van der Waals surface area contributed by atoms with Gasteiger partial charge in [-0.05, 0) is 56.4 Å². The summed E-state index contributed by atoms with van der Waals surface area (Å²) in [5.74, 6) is 0.834. The van der Waals surface area contributed by atoms with Crippen LogP contribution < -0.4 is 5.32 Å². The van der Waals surface area contributed by atoms with Crippen molar-refractivity contribution in [3.05, 3.63) is 0 Å². The maximum atomic E-state index is 6.14. The van der Waals surface area contributed by atoms with Crippen LogP contribution >= 0.6 is 0 Å². The van der Waals surface area contributed by atoms with Gasteiger partial charge in [-0.3, -0.25) is 0 Å². The molecule has 19 heavy (non-hydrogen) atoms.